The van der Waals surface area contributed by atoms with Gasteiger partial charge in [-0.05, 0) is 49.6 Å². The normalized spacial score (nSPS) is 18.2. The summed E-state index contributed by atoms with van der Waals surface area (Å²) in [4.78, 5) is 14.5. The first-order valence-corrected chi connectivity index (χ1v) is 9.69. The fraction of sp³-hybridized carbons (Fsp3) is 0.364. The maximum atomic E-state index is 4.83. The van der Waals surface area contributed by atoms with Gasteiger partial charge in [0.15, 0.2) is 0 Å². The third kappa shape index (κ3) is 2.79. The van der Waals surface area contributed by atoms with Gasteiger partial charge in [0, 0.05) is 43.7 Å². The quantitative estimate of drug-likeness (QED) is 0.712. The zero-order valence-corrected chi connectivity index (χ0v) is 15.0. The molecule has 26 heavy (non-hydrogen) atoms. The Morgan fingerprint density at radius 3 is 2.54 bits per heavy atom. The number of aromatic nitrogens is 2. The second-order valence-corrected chi connectivity index (χ2v) is 7.42. The second kappa shape index (κ2) is 6.60. The van der Waals surface area contributed by atoms with Crippen LogP contribution in [0.15, 0.2) is 54.7 Å². The summed E-state index contributed by atoms with van der Waals surface area (Å²) in [5.41, 5.74) is 3.69. The van der Waals surface area contributed by atoms with Crippen LogP contribution in [0.3, 0.4) is 0 Å². The van der Waals surface area contributed by atoms with Crippen LogP contribution in [0.25, 0.3) is 10.9 Å². The molecule has 0 saturated carbocycles. The van der Waals surface area contributed by atoms with Gasteiger partial charge < -0.3 is 9.80 Å². The molecule has 4 heterocycles. The lowest BCUT2D eigenvalue weighted by molar-refractivity contribution is 0.504. The zero-order valence-electron chi connectivity index (χ0n) is 15.0. The summed E-state index contributed by atoms with van der Waals surface area (Å²) < 4.78 is 0. The molecule has 0 radical (unpaired) electrons. The fourth-order valence-corrected chi connectivity index (χ4v) is 4.20. The molecule has 3 aromatic rings. The summed E-state index contributed by atoms with van der Waals surface area (Å²) in [7, 11) is 0. The summed E-state index contributed by atoms with van der Waals surface area (Å²) in [6, 6.07) is 17.0. The third-order valence-corrected chi connectivity index (χ3v) is 5.69. The van der Waals surface area contributed by atoms with Gasteiger partial charge in [0.1, 0.15) is 5.82 Å². The maximum absolute atomic E-state index is 4.83. The average Bonchev–Trinajstić information content (AvgIpc) is 2.68. The summed E-state index contributed by atoms with van der Waals surface area (Å²) in [6.45, 7) is 4.34. The molecule has 2 aromatic heterocycles. The first kappa shape index (κ1) is 15.6. The van der Waals surface area contributed by atoms with E-state index in [1.54, 1.807) is 0 Å². The minimum atomic E-state index is 0.501. The van der Waals surface area contributed by atoms with Crippen molar-refractivity contribution < 1.29 is 0 Å². The molecule has 0 spiro atoms. The summed E-state index contributed by atoms with van der Waals surface area (Å²) >= 11 is 0. The zero-order chi connectivity index (χ0) is 17.3. The summed E-state index contributed by atoms with van der Waals surface area (Å²) in [5, 5.41) is 1.20. The van der Waals surface area contributed by atoms with E-state index in [1.807, 2.05) is 6.20 Å². The molecule has 1 aromatic carbocycles. The van der Waals surface area contributed by atoms with E-state index in [9.17, 15) is 0 Å². The number of para-hydroxylation sites is 1. The van der Waals surface area contributed by atoms with E-state index in [4.69, 9.17) is 9.97 Å². The Labute approximate surface area is 154 Å². The molecular weight excluding hydrogens is 320 g/mol. The van der Waals surface area contributed by atoms with Crippen molar-refractivity contribution in [3.05, 3.63) is 60.4 Å². The lowest BCUT2D eigenvalue weighted by Gasteiger charge is -2.41. The van der Waals surface area contributed by atoms with Crippen molar-refractivity contribution in [2.45, 2.75) is 25.2 Å². The minimum absolute atomic E-state index is 0.501. The van der Waals surface area contributed by atoms with Crippen molar-refractivity contribution >= 4 is 22.4 Å². The SMILES string of the molecule is c1cnc(C2CN(c3ccc4ccccc4n3)C2)c(N2CCCCC2)c1. The summed E-state index contributed by atoms with van der Waals surface area (Å²) in [5.74, 6) is 1.58. The largest absolute Gasteiger partial charge is 0.370 e. The maximum Gasteiger partial charge on any atom is 0.129 e. The van der Waals surface area contributed by atoms with E-state index in [2.05, 4.69) is 58.3 Å². The Kier molecular flexibility index (Phi) is 3.96. The molecule has 0 aliphatic carbocycles. The van der Waals surface area contributed by atoms with Gasteiger partial charge in [0.2, 0.25) is 0 Å². The molecule has 4 heteroatoms. The van der Waals surface area contributed by atoms with E-state index in [-0.39, 0.29) is 0 Å². The van der Waals surface area contributed by atoms with Gasteiger partial charge in [-0.3, -0.25) is 4.98 Å². The van der Waals surface area contributed by atoms with Crippen molar-refractivity contribution in [2.24, 2.45) is 0 Å². The molecule has 2 fully saturated rings. The highest BCUT2D eigenvalue weighted by Gasteiger charge is 2.33. The lowest BCUT2D eigenvalue weighted by atomic mass is 9.93. The van der Waals surface area contributed by atoms with Crippen LogP contribution in [0.5, 0.6) is 0 Å². The topological polar surface area (TPSA) is 32.3 Å². The first-order chi connectivity index (χ1) is 12.9. The number of fused-ring (bicyclic) bond motifs is 1. The number of pyridine rings is 2. The smallest absolute Gasteiger partial charge is 0.129 e. The van der Waals surface area contributed by atoms with Crippen molar-refractivity contribution in [3.8, 4) is 0 Å². The Hall–Kier alpha value is -2.62. The van der Waals surface area contributed by atoms with Crippen LogP contribution in [-0.2, 0) is 0 Å². The van der Waals surface area contributed by atoms with Crippen LogP contribution in [0.2, 0.25) is 0 Å². The van der Waals surface area contributed by atoms with E-state index < -0.39 is 0 Å². The van der Waals surface area contributed by atoms with Gasteiger partial charge in [0.25, 0.3) is 0 Å². The Bertz CT molecular complexity index is 911. The van der Waals surface area contributed by atoms with Gasteiger partial charge in [-0.1, -0.05) is 18.2 Å². The van der Waals surface area contributed by atoms with Gasteiger partial charge in [-0.15, -0.1) is 0 Å². The van der Waals surface area contributed by atoms with E-state index >= 15 is 0 Å². The Morgan fingerprint density at radius 1 is 0.808 bits per heavy atom. The molecule has 0 atom stereocenters. The van der Waals surface area contributed by atoms with Crippen LogP contribution in [-0.4, -0.2) is 36.1 Å². The second-order valence-electron chi connectivity index (χ2n) is 7.42. The molecule has 0 N–H and O–H groups in total. The first-order valence-electron chi connectivity index (χ1n) is 9.69. The van der Waals surface area contributed by atoms with Crippen LogP contribution in [0.4, 0.5) is 11.5 Å². The van der Waals surface area contributed by atoms with Crippen LogP contribution in [0.1, 0.15) is 30.9 Å². The number of hydrogen-bond donors (Lipinski definition) is 0. The van der Waals surface area contributed by atoms with Gasteiger partial charge in [-0.2, -0.15) is 0 Å². The molecule has 0 bridgehead atoms. The lowest BCUT2D eigenvalue weighted by Crippen LogP contribution is -2.46. The van der Waals surface area contributed by atoms with Crippen molar-refractivity contribution in [2.75, 3.05) is 36.0 Å². The highest BCUT2D eigenvalue weighted by Crippen LogP contribution is 2.35. The highest BCUT2D eigenvalue weighted by atomic mass is 15.2. The number of nitrogens with zero attached hydrogens (tertiary/aromatic N) is 4. The molecule has 132 valence electrons. The summed E-state index contributed by atoms with van der Waals surface area (Å²) in [6.07, 6.45) is 5.90. The fourth-order valence-electron chi connectivity index (χ4n) is 4.20. The standard InChI is InChI=1S/C22H24N4/c1-4-13-25(14-5-1)20-9-6-12-23-22(20)18-15-26(16-18)21-11-10-17-7-2-3-8-19(17)24-21/h2-3,6-12,18H,1,4-5,13-16H2. The number of hydrogen-bond acceptors (Lipinski definition) is 4. The molecular formula is C22H24N4. The van der Waals surface area contributed by atoms with Crippen molar-refractivity contribution in [1.82, 2.24) is 9.97 Å². The number of rotatable bonds is 3. The highest BCUT2D eigenvalue weighted by molar-refractivity contribution is 5.80. The number of piperidine rings is 1. The average molecular weight is 344 g/mol. The van der Waals surface area contributed by atoms with Crippen LogP contribution < -0.4 is 9.80 Å². The van der Waals surface area contributed by atoms with Gasteiger partial charge in [-0.25, -0.2) is 4.98 Å². The van der Waals surface area contributed by atoms with Gasteiger partial charge in [0.05, 0.1) is 16.9 Å². The number of benzene rings is 1. The van der Waals surface area contributed by atoms with E-state index in [0.717, 1.165) is 24.4 Å². The van der Waals surface area contributed by atoms with Crippen LogP contribution in [0, 0.1) is 0 Å². The predicted octanol–water partition coefficient (Wildman–Crippen LogP) is 4.22. The molecule has 4 nitrogen and oxygen atoms in total. The number of anilines is 2. The van der Waals surface area contributed by atoms with Crippen molar-refractivity contribution in [3.63, 3.8) is 0 Å². The Morgan fingerprint density at radius 2 is 1.65 bits per heavy atom. The predicted molar refractivity (Wildman–Crippen MR) is 107 cm³/mol. The molecule has 2 aliphatic rings. The van der Waals surface area contributed by atoms with Crippen molar-refractivity contribution in [1.29, 1.82) is 0 Å². The van der Waals surface area contributed by atoms with Crippen LogP contribution >= 0.6 is 0 Å². The van der Waals surface area contributed by atoms with E-state index in [0.29, 0.717) is 5.92 Å². The molecule has 2 aliphatic heterocycles. The molecule has 5 rings (SSSR count). The van der Waals surface area contributed by atoms with E-state index in [1.165, 1.54) is 49.1 Å². The third-order valence-electron chi connectivity index (χ3n) is 5.69. The Balaban J connectivity index is 1.35. The molecule has 2 saturated heterocycles. The molecule has 0 amide bonds. The van der Waals surface area contributed by atoms with Gasteiger partial charge >= 0.3 is 0 Å². The minimum Gasteiger partial charge on any atom is -0.370 e. The monoisotopic (exact) mass is 344 g/mol. The molecule has 0 unspecified atom stereocenters.